The fourth-order valence-corrected chi connectivity index (χ4v) is 5.63. The number of rotatable bonds is 4. The van der Waals surface area contributed by atoms with Gasteiger partial charge < -0.3 is 9.64 Å². The van der Waals surface area contributed by atoms with E-state index in [0.29, 0.717) is 49.5 Å². The first kappa shape index (κ1) is 18.2. The highest BCUT2D eigenvalue weighted by molar-refractivity contribution is 7.89. The van der Waals surface area contributed by atoms with Crippen LogP contribution in [0.2, 0.25) is 0 Å². The number of hydrogen-bond donors (Lipinski definition) is 0. The predicted octanol–water partition coefficient (Wildman–Crippen LogP) is 1.45. The molecule has 0 saturated carbocycles. The summed E-state index contributed by atoms with van der Waals surface area (Å²) in [7, 11) is -3.41. The van der Waals surface area contributed by atoms with E-state index in [1.165, 1.54) is 17.5 Å². The monoisotopic (exact) mass is 395 g/mol. The van der Waals surface area contributed by atoms with Crippen molar-refractivity contribution in [2.45, 2.75) is 30.6 Å². The van der Waals surface area contributed by atoms with E-state index in [9.17, 15) is 8.42 Å². The summed E-state index contributed by atoms with van der Waals surface area (Å²) in [6.45, 7) is 4.62. The molecule has 8 heteroatoms. The van der Waals surface area contributed by atoms with Gasteiger partial charge in [0.2, 0.25) is 10.0 Å². The highest BCUT2D eigenvalue weighted by atomic mass is 32.2. The first-order valence-corrected chi connectivity index (χ1v) is 11.1. The van der Waals surface area contributed by atoms with Gasteiger partial charge in [0.15, 0.2) is 0 Å². The van der Waals surface area contributed by atoms with E-state index in [1.807, 2.05) is 17.0 Å². The molecule has 0 spiro atoms. The molecule has 4 rings (SSSR count). The van der Waals surface area contributed by atoms with Gasteiger partial charge in [-0.2, -0.15) is 4.31 Å². The molecule has 3 aliphatic rings. The summed E-state index contributed by atoms with van der Waals surface area (Å²) in [5.41, 5.74) is 2.52. The number of aryl methyl sites for hydroxylation is 2. The lowest BCUT2D eigenvalue weighted by Crippen LogP contribution is -2.51. The van der Waals surface area contributed by atoms with Crippen LogP contribution in [0.15, 0.2) is 23.1 Å². The molecule has 1 aliphatic carbocycles. The number of piperazine rings is 1. The number of fused-ring (bicyclic) bond motifs is 1. The summed E-state index contributed by atoms with van der Waals surface area (Å²) < 4.78 is 33.0. The van der Waals surface area contributed by atoms with Crippen LogP contribution in [-0.4, -0.2) is 73.7 Å². The molecule has 2 fully saturated rings. The zero-order valence-electron chi connectivity index (χ0n) is 14.9. The zero-order chi connectivity index (χ0) is 18.1. The van der Waals surface area contributed by atoms with E-state index in [2.05, 4.69) is 4.90 Å². The van der Waals surface area contributed by atoms with Crippen LogP contribution in [0, 0.1) is 0 Å². The Hall–Kier alpha value is -1.22. The van der Waals surface area contributed by atoms with E-state index in [1.54, 1.807) is 10.4 Å². The molecule has 2 saturated heterocycles. The highest BCUT2D eigenvalue weighted by Gasteiger charge is 2.30. The van der Waals surface area contributed by atoms with Gasteiger partial charge in [0.05, 0.1) is 18.1 Å². The Morgan fingerprint density at radius 2 is 1.73 bits per heavy atom. The molecule has 0 radical (unpaired) electrons. The minimum atomic E-state index is -3.41. The van der Waals surface area contributed by atoms with Crippen LogP contribution in [0.25, 0.3) is 0 Å². The molecular formula is C18H25N3O3S2. The third-order valence-electron chi connectivity index (χ3n) is 5.50. The molecule has 0 atom stereocenters. The second kappa shape index (κ2) is 7.42. The molecule has 6 nitrogen and oxygen atoms in total. The Kier molecular flexibility index (Phi) is 5.18. The Morgan fingerprint density at radius 1 is 1.00 bits per heavy atom. The largest absolute Gasteiger partial charge is 0.469 e. The Bertz CT molecular complexity index is 789. The topological polar surface area (TPSA) is 53.1 Å². The van der Waals surface area contributed by atoms with Gasteiger partial charge in [0.1, 0.15) is 6.61 Å². The Balaban J connectivity index is 1.41. The normalized spacial score (nSPS) is 22.3. The van der Waals surface area contributed by atoms with Crippen molar-refractivity contribution in [2.24, 2.45) is 0 Å². The van der Waals surface area contributed by atoms with Gasteiger partial charge in [-0.3, -0.25) is 4.90 Å². The van der Waals surface area contributed by atoms with Crippen molar-refractivity contribution in [2.75, 3.05) is 46.0 Å². The molecule has 2 heterocycles. The van der Waals surface area contributed by atoms with E-state index in [0.717, 1.165) is 25.8 Å². The number of benzene rings is 1. The van der Waals surface area contributed by atoms with Crippen molar-refractivity contribution in [1.82, 2.24) is 14.1 Å². The van der Waals surface area contributed by atoms with Crippen LogP contribution < -0.4 is 0 Å². The van der Waals surface area contributed by atoms with Gasteiger partial charge in [-0.05, 0) is 61.2 Å². The summed E-state index contributed by atoms with van der Waals surface area (Å²) in [5, 5.41) is 0.550. The summed E-state index contributed by atoms with van der Waals surface area (Å²) >= 11 is 5.17. The van der Waals surface area contributed by atoms with Gasteiger partial charge in [0.25, 0.3) is 5.17 Å². The second-order valence-corrected chi connectivity index (χ2v) is 9.47. The number of nitrogens with zero attached hydrogens (tertiary/aromatic N) is 3. The molecule has 0 amide bonds. The summed E-state index contributed by atoms with van der Waals surface area (Å²) in [6, 6.07) is 5.69. The fraction of sp³-hybridized carbons (Fsp3) is 0.611. The lowest BCUT2D eigenvalue weighted by molar-refractivity contribution is 0.142. The third kappa shape index (κ3) is 3.60. The SMILES string of the molecule is O=S(=O)(c1ccc2c(c1)CCCC2)N1CCN(CN2CCOC2=S)CC1. The summed E-state index contributed by atoms with van der Waals surface area (Å²) in [5.74, 6) is 0. The van der Waals surface area contributed by atoms with Gasteiger partial charge >= 0.3 is 0 Å². The van der Waals surface area contributed by atoms with E-state index in [-0.39, 0.29) is 0 Å². The molecule has 1 aromatic carbocycles. The maximum atomic E-state index is 13.0. The third-order valence-corrected chi connectivity index (χ3v) is 7.78. The Morgan fingerprint density at radius 3 is 2.42 bits per heavy atom. The van der Waals surface area contributed by atoms with Gasteiger partial charge in [0, 0.05) is 26.2 Å². The number of hydrogen-bond acceptors (Lipinski definition) is 5. The average molecular weight is 396 g/mol. The van der Waals surface area contributed by atoms with Gasteiger partial charge in [-0.1, -0.05) is 6.07 Å². The smallest absolute Gasteiger partial charge is 0.260 e. The molecule has 0 unspecified atom stereocenters. The molecule has 0 bridgehead atoms. The average Bonchev–Trinajstić information content (AvgIpc) is 3.06. The van der Waals surface area contributed by atoms with Gasteiger partial charge in [-0.15, -0.1) is 0 Å². The van der Waals surface area contributed by atoms with Crippen LogP contribution in [0.3, 0.4) is 0 Å². The minimum absolute atomic E-state index is 0.445. The van der Waals surface area contributed by atoms with Crippen molar-refractivity contribution < 1.29 is 13.2 Å². The summed E-state index contributed by atoms with van der Waals surface area (Å²) in [4.78, 5) is 4.71. The van der Waals surface area contributed by atoms with Crippen LogP contribution in [-0.2, 0) is 27.6 Å². The molecule has 0 aromatic heterocycles. The molecule has 0 N–H and O–H groups in total. The van der Waals surface area contributed by atoms with Crippen molar-refractivity contribution in [1.29, 1.82) is 0 Å². The second-order valence-electron chi connectivity index (χ2n) is 7.18. The van der Waals surface area contributed by atoms with Gasteiger partial charge in [-0.25, -0.2) is 8.42 Å². The van der Waals surface area contributed by atoms with Crippen molar-refractivity contribution in [3.8, 4) is 0 Å². The highest BCUT2D eigenvalue weighted by Crippen LogP contribution is 2.26. The maximum absolute atomic E-state index is 13.0. The fourth-order valence-electron chi connectivity index (χ4n) is 3.93. The van der Waals surface area contributed by atoms with E-state index >= 15 is 0 Å². The van der Waals surface area contributed by atoms with Crippen molar-refractivity contribution in [3.05, 3.63) is 29.3 Å². The predicted molar refractivity (Wildman–Crippen MR) is 104 cm³/mol. The maximum Gasteiger partial charge on any atom is 0.260 e. The molecule has 2 aliphatic heterocycles. The number of sulfonamides is 1. The first-order valence-electron chi connectivity index (χ1n) is 9.30. The standard InChI is InChI=1S/C18H25N3O3S2/c22-26(23,17-6-5-15-3-1-2-4-16(15)13-17)21-9-7-19(8-10-21)14-20-11-12-24-18(20)25/h5-6,13H,1-4,7-12,14H2. The van der Waals surface area contributed by atoms with E-state index in [4.69, 9.17) is 17.0 Å². The van der Waals surface area contributed by atoms with Crippen molar-refractivity contribution >= 4 is 27.4 Å². The Labute approximate surface area is 160 Å². The van der Waals surface area contributed by atoms with Crippen LogP contribution in [0.4, 0.5) is 0 Å². The van der Waals surface area contributed by atoms with Crippen LogP contribution in [0.1, 0.15) is 24.0 Å². The number of ether oxygens (including phenoxy) is 1. The van der Waals surface area contributed by atoms with Crippen LogP contribution >= 0.6 is 12.2 Å². The van der Waals surface area contributed by atoms with E-state index < -0.39 is 10.0 Å². The molecule has 142 valence electrons. The number of thiocarbonyl (C=S) groups is 1. The molecular weight excluding hydrogens is 370 g/mol. The zero-order valence-corrected chi connectivity index (χ0v) is 16.5. The van der Waals surface area contributed by atoms with Crippen molar-refractivity contribution in [3.63, 3.8) is 0 Å². The minimum Gasteiger partial charge on any atom is -0.469 e. The molecule has 26 heavy (non-hydrogen) atoms. The first-order chi connectivity index (χ1) is 12.5. The lowest BCUT2D eigenvalue weighted by Gasteiger charge is -2.35. The lowest BCUT2D eigenvalue weighted by atomic mass is 9.92. The summed E-state index contributed by atoms with van der Waals surface area (Å²) in [6.07, 6.45) is 4.41. The molecule has 1 aromatic rings. The quantitative estimate of drug-likeness (QED) is 0.720. The van der Waals surface area contributed by atoms with Crippen LogP contribution in [0.5, 0.6) is 0 Å².